The van der Waals surface area contributed by atoms with Gasteiger partial charge in [0, 0.05) is 12.1 Å². The highest BCUT2D eigenvalue weighted by Gasteiger charge is 2.34. The first kappa shape index (κ1) is 30.6. The van der Waals surface area contributed by atoms with Crippen LogP contribution >= 0.6 is 11.3 Å². The molecule has 6 rings (SSSR count). The van der Waals surface area contributed by atoms with Crippen molar-refractivity contribution in [2.24, 2.45) is 4.99 Å². The summed E-state index contributed by atoms with van der Waals surface area (Å²) in [5.74, 6) is 1.52. The molecule has 3 heterocycles. The van der Waals surface area contributed by atoms with E-state index in [1.807, 2.05) is 6.92 Å². The van der Waals surface area contributed by atoms with Crippen LogP contribution in [-0.4, -0.2) is 35.5 Å². The maximum absolute atomic E-state index is 14.0. The van der Waals surface area contributed by atoms with Gasteiger partial charge in [0.05, 0.1) is 40.0 Å². The molecule has 1 atom stereocenters. The van der Waals surface area contributed by atoms with Gasteiger partial charge in [-0.3, -0.25) is 19.5 Å². The van der Waals surface area contributed by atoms with Crippen molar-refractivity contribution in [2.45, 2.75) is 33.4 Å². The Balaban J connectivity index is 1.36. The molecule has 0 aliphatic carbocycles. The smallest absolute Gasteiger partial charge is 0.338 e. The van der Waals surface area contributed by atoms with Crippen LogP contribution in [0.15, 0.2) is 81.7 Å². The number of non-ortho nitro benzene ring substituents is 1. The van der Waals surface area contributed by atoms with Gasteiger partial charge in [-0.1, -0.05) is 23.5 Å². The van der Waals surface area contributed by atoms with E-state index in [4.69, 9.17) is 23.7 Å². The number of carbonyl (C=O) groups is 1. The minimum absolute atomic E-state index is 0.00267. The molecule has 1 unspecified atom stereocenters. The number of esters is 1. The average Bonchev–Trinajstić information content (AvgIpc) is 3.63. The molecule has 0 bridgehead atoms. The van der Waals surface area contributed by atoms with E-state index in [9.17, 15) is 19.7 Å². The molecule has 236 valence electrons. The van der Waals surface area contributed by atoms with Gasteiger partial charge >= 0.3 is 5.97 Å². The van der Waals surface area contributed by atoms with Crippen LogP contribution in [-0.2, 0) is 16.1 Å². The van der Waals surface area contributed by atoms with E-state index in [1.54, 1.807) is 68.5 Å². The first-order valence-corrected chi connectivity index (χ1v) is 15.3. The number of thiazole rings is 1. The molecule has 0 saturated carbocycles. The molecule has 13 heteroatoms. The number of nitro benzene ring substituents is 1. The van der Waals surface area contributed by atoms with Crippen LogP contribution < -0.4 is 33.8 Å². The second-order valence-electron chi connectivity index (χ2n) is 10.3. The molecule has 46 heavy (non-hydrogen) atoms. The van der Waals surface area contributed by atoms with Crippen molar-refractivity contribution in [2.75, 3.05) is 20.0 Å². The van der Waals surface area contributed by atoms with Crippen LogP contribution in [0.3, 0.4) is 0 Å². The fraction of sp³-hybridized carbons (Fsp3) is 0.242. The van der Waals surface area contributed by atoms with Gasteiger partial charge in [0.2, 0.25) is 6.79 Å². The summed E-state index contributed by atoms with van der Waals surface area (Å²) in [4.78, 5) is 42.8. The van der Waals surface area contributed by atoms with Crippen molar-refractivity contribution in [3.8, 4) is 23.0 Å². The number of nitro groups is 1. The van der Waals surface area contributed by atoms with Gasteiger partial charge in [0.15, 0.2) is 27.8 Å². The molecule has 0 N–H and O–H groups in total. The van der Waals surface area contributed by atoms with E-state index in [-0.39, 0.29) is 36.8 Å². The van der Waals surface area contributed by atoms with Crippen molar-refractivity contribution in [1.29, 1.82) is 0 Å². The topological polar surface area (TPSA) is 141 Å². The van der Waals surface area contributed by atoms with Gasteiger partial charge in [-0.15, -0.1) is 0 Å². The van der Waals surface area contributed by atoms with E-state index in [2.05, 4.69) is 4.99 Å². The molecule has 0 radical (unpaired) electrons. The molecule has 0 amide bonds. The van der Waals surface area contributed by atoms with Gasteiger partial charge < -0.3 is 23.7 Å². The molecule has 2 aliphatic rings. The number of hydrogen-bond donors (Lipinski definition) is 0. The number of fused-ring (bicyclic) bond motifs is 2. The summed E-state index contributed by atoms with van der Waals surface area (Å²) >= 11 is 1.21. The van der Waals surface area contributed by atoms with Crippen molar-refractivity contribution in [3.63, 3.8) is 0 Å². The second kappa shape index (κ2) is 12.9. The third-order valence-corrected chi connectivity index (χ3v) is 8.32. The zero-order valence-electron chi connectivity index (χ0n) is 25.2. The SMILES string of the molecule is CCOC(=O)C1=C(C)N=c2sc(=Cc3ccc(OCc4ccc([N+](=O)[O-])cc4)c(OCC)c3)c(=O)n2C1c1ccc2c(c1)OCO2. The Hall–Kier alpha value is -5.43. The molecular weight excluding hydrogens is 614 g/mol. The molecule has 3 aromatic carbocycles. The predicted octanol–water partition coefficient (Wildman–Crippen LogP) is 4.41. The molecule has 1 aromatic heterocycles. The lowest BCUT2D eigenvalue weighted by atomic mass is 9.95. The monoisotopic (exact) mass is 643 g/mol. The summed E-state index contributed by atoms with van der Waals surface area (Å²) in [6, 6.07) is 16.0. The van der Waals surface area contributed by atoms with E-state index in [1.165, 1.54) is 28.0 Å². The fourth-order valence-electron chi connectivity index (χ4n) is 5.22. The van der Waals surface area contributed by atoms with Crippen molar-refractivity contribution >= 4 is 29.1 Å². The summed E-state index contributed by atoms with van der Waals surface area (Å²) in [5, 5.41) is 10.9. The molecule has 0 fully saturated rings. The number of nitrogens with zero attached hydrogens (tertiary/aromatic N) is 3. The van der Waals surface area contributed by atoms with Crippen molar-refractivity contribution in [3.05, 3.63) is 118 Å². The number of benzene rings is 3. The maximum Gasteiger partial charge on any atom is 0.338 e. The first-order valence-electron chi connectivity index (χ1n) is 14.5. The minimum Gasteiger partial charge on any atom is -0.490 e. The summed E-state index contributed by atoms with van der Waals surface area (Å²) in [6.45, 7) is 6.12. The van der Waals surface area contributed by atoms with Gasteiger partial charge in [-0.25, -0.2) is 9.79 Å². The van der Waals surface area contributed by atoms with Crippen LogP contribution in [0.4, 0.5) is 5.69 Å². The highest BCUT2D eigenvalue weighted by molar-refractivity contribution is 7.07. The average molecular weight is 644 g/mol. The number of hydrogen-bond acceptors (Lipinski definition) is 11. The highest BCUT2D eigenvalue weighted by atomic mass is 32.1. The quantitative estimate of drug-likeness (QED) is 0.140. The van der Waals surface area contributed by atoms with Crippen LogP contribution in [0.1, 0.15) is 43.5 Å². The van der Waals surface area contributed by atoms with Gasteiger partial charge in [0.25, 0.3) is 11.2 Å². The Kier molecular flexibility index (Phi) is 8.57. The Bertz CT molecular complexity index is 2050. The Morgan fingerprint density at radius 3 is 2.57 bits per heavy atom. The van der Waals surface area contributed by atoms with Crippen LogP contribution in [0.5, 0.6) is 23.0 Å². The third kappa shape index (κ3) is 5.96. The van der Waals surface area contributed by atoms with E-state index >= 15 is 0 Å². The first-order chi connectivity index (χ1) is 22.3. The highest BCUT2D eigenvalue weighted by Crippen LogP contribution is 2.38. The van der Waals surface area contributed by atoms with Crippen LogP contribution in [0.2, 0.25) is 0 Å². The lowest BCUT2D eigenvalue weighted by Gasteiger charge is -2.24. The van der Waals surface area contributed by atoms with E-state index in [0.29, 0.717) is 55.8 Å². The van der Waals surface area contributed by atoms with E-state index in [0.717, 1.165) is 5.56 Å². The van der Waals surface area contributed by atoms with Crippen molar-refractivity contribution < 1.29 is 33.4 Å². The van der Waals surface area contributed by atoms with E-state index < -0.39 is 16.9 Å². The maximum atomic E-state index is 14.0. The minimum atomic E-state index is -0.791. The predicted molar refractivity (Wildman–Crippen MR) is 168 cm³/mol. The number of rotatable bonds is 10. The Labute approximate surface area is 266 Å². The van der Waals surface area contributed by atoms with Gasteiger partial charge in [0.1, 0.15) is 6.61 Å². The standard InChI is InChI=1S/C33H29N3O9S/c1-4-41-26-14-21(8-12-24(26)43-17-20-6-10-23(11-7-20)36(39)40)15-28-31(37)35-30(22-9-13-25-27(16-22)45-18-44-25)29(32(38)42-5-2)19(3)34-33(35)46-28/h6-16,30H,4-5,17-18H2,1-3H3. The zero-order valence-corrected chi connectivity index (χ0v) is 26.0. The largest absolute Gasteiger partial charge is 0.490 e. The molecule has 0 saturated heterocycles. The molecule has 2 aliphatic heterocycles. The van der Waals surface area contributed by atoms with Crippen LogP contribution in [0.25, 0.3) is 6.08 Å². The molecular formula is C33H29N3O9S. The Morgan fingerprint density at radius 1 is 1.04 bits per heavy atom. The summed E-state index contributed by atoms with van der Waals surface area (Å²) in [6.07, 6.45) is 1.74. The summed E-state index contributed by atoms with van der Waals surface area (Å²) < 4.78 is 30.2. The zero-order chi connectivity index (χ0) is 32.4. The van der Waals surface area contributed by atoms with Gasteiger partial charge in [-0.2, -0.15) is 0 Å². The number of aromatic nitrogens is 1. The summed E-state index contributed by atoms with van der Waals surface area (Å²) in [5.41, 5.74) is 2.52. The fourth-order valence-corrected chi connectivity index (χ4v) is 6.27. The Morgan fingerprint density at radius 2 is 1.83 bits per heavy atom. The van der Waals surface area contributed by atoms with Crippen molar-refractivity contribution in [1.82, 2.24) is 4.57 Å². The molecule has 12 nitrogen and oxygen atoms in total. The molecule has 0 spiro atoms. The normalized spacial score (nSPS) is 15.3. The number of ether oxygens (including phenoxy) is 5. The number of allylic oxidation sites excluding steroid dienone is 1. The lowest BCUT2D eigenvalue weighted by Crippen LogP contribution is -2.39. The molecule has 4 aromatic rings. The van der Waals surface area contributed by atoms with Gasteiger partial charge in [-0.05, 0) is 79.9 Å². The third-order valence-electron chi connectivity index (χ3n) is 7.34. The number of carbonyl (C=O) groups excluding carboxylic acids is 1. The summed E-state index contributed by atoms with van der Waals surface area (Å²) in [7, 11) is 0. The van der Waals surface area contributed by atoms with Crippen LogP contribution in [0, 0.1) is 10.1 Å². The second-order valence-corrected chi connectivity index (χ2v) is 11.3. The lowest BCUT2D eigenvalue weighted by molar-refractivity contribution is -0.384.